The molecule has 1 aliphatic heterocycles. The van der Waals surface area contributed by atoms with Gasteiger partial charge < -0.3 is 4.74 Å². The molecule has 1 aromatic heterocycles. The first-order valence-corrected chi connectivity index (χ1v) is 9.97. The predicted molar refractivity (Wildman–Crippen MR) is 118 cm³/mol. The lowest BCUT2D eigenvalue weighted by Crippen LogP contribution is -2.38. The van der Waals surface area contributed by atoms with E-state index in [-0.39, 0.29) is 5.91 Å². The van der Waals surface area contributed by atoms with Gasteiger partial charge in [0.25, 0.3) is 5.91 Å². The van der Waals surface area contributed by atoms with Gasteiger partial charge >= 0.3 is 0 Å². The summed E-state index contributed by atoms with van der Waals surface area (Å²) in [6.45, 7) is 0. The van der Waals surface area contributed by atoms with Crippen LogP contribution in [-0.4, -0.2) is 23.7 Å². The second-order valence-corrected chi connectivity index (χ2v) is 7.52. The molecule has 1 unspecified atom stereocenters. The van der Waals surface area contributed by atoms with Crippen molar-refractivity contribution in [3.8, 4) is 5.75 Å². The number of anilines is 1. The van der Waals surface area contributed by atoms with E-state index < -0.39 is 5.92 Å². The highest BCUT2D eigenvalue weighted by atomic mass is 127. The lowest BCUT2D eigenvalue weighted by molar-refractivity contribution is -0.120. The Labute approximate surface area is 177 Å². The molecule has 0 saturated heterocycles. The van der Waals surface area contributed by atoms with Crippen molar-refractivity contribution < 1.29 is 9.53 Å². The number of hydrogen-bond donors (Lipinski definition) is 0. The standard InChI is InChI=1S/C22H18IN3O2/c1-28-21-12-5-2-8-15(21)16-14-19(18-10-6-7-13-24-18)25-26(22(16)27)20-11-4-3-9-17(20)23/h2-13,16H,14H2,1H3. The van der Waals surface area contributed by atoms with Gasteiger partial charge in [-0.15, -0.1) is 0 Å². The molecule has 28 heavy (non-hydrogen) atoms. The van der Waals surface area contributed by atoms with Gasteiger partial charge in [-0.3, -0.25) is 9.78 Å². The molecule has 0 saturated carbocycles. The van der Waals surface area contributed by atoms with Crippen LogP contribution >= 0.6 is 22.6 Å². The van der Waals surface area contributed by atoms with E-state index in [2.05, 4.69) is 32.7 Å². The molecule has 140 valence electrons. The van der Waals surface area contributed by atoms with E-state index in [4.69, 9.17) is 4.74 Å². The zero-order chi connectivity index (χ0) is 19.5. The van der Waals surface area contributed by atoms with Crippen LogP contribution in [0.1, 0.15) is 23.6 Å². The number of methoxy groups -OCH3 is 1. The lowest BCUT2D eigenvalue weighted by atomic mass is 9.89. The summed E-state index contributed by atoms with van der Waals surface area (Å²) in [5, 5.41) is 6.19. The first-order chi connectivity index (χ1) is 13.7. The largest absolute Gasteiger partial charge is 0.496 e. The van der Waals surface area contributed by atoms with E-state index in [1.165, 1.54) is 5.01 Å². The van der Waals surface area contributed by atoms with Crippen LogP contribution in [0, 0.1) is 3.57 Å². The van der Waals surface area contributed by atoms with E-state index >= 15 is 0 Å². The molecule has 3 aromatic rings. The smallest absolute Gasteiger partial charge is 0.255 e. The fourth-order valence-corrected chi connectivity index (χ4v) is 3.94. The molecule has 0 bridgehead atoms. The summed E-state index contributed by atoms with van der Waals surface area (Å²) in [5.74, 6) is 0.223. The molecule has 0 N–H and O–H groups in total. The number of para-hydroxylation sites is 2. The highest BCUT2D eigenvalue weighted by molar-refractivity contribution is 14.1. The van der Waals surface area contributed by atoms with Crippen molar-refractivity contribution in [2.24, 2.45) is 5.10 Å². The second kappa shape index (κ2) is 8.10. The number of pyridine rings is 1. The Kier molecular flexibility index (Phi) is 5.38. The second-order valence-electron chi connectivity index (χ2n) is 6.36. The van der Waals surface area contributed by atoms with Crippen molar-refractivity contribution in [3.63, 3.8) is 0 Å². The van der Waals surface area contributed by atoms with Crippen molar-refractivity contribution in [3.05, 3.63) is 87.8 Å². The quantitative estimate of drug-likeness (QED) is 0.509. The molecule has 0 spiro atoms. The summed E-state index contributed by atoms with van der Waals surface area (Å²) in [7, 11) is 1.62. The lowest BCUT2D eigenvalue weighted by Gasteiger charge is -2.30. The van der Waals surface area contributed by atoms with Crippen molar-refractivity contribution >= 4 is 39.9 Å². The van der Waals surface area contributed by atoms with Crippen LogP contribution in [0.3, 0.4) is 0 Å². The minimum atomic E-state index is -0.401. The number of hydrogen-bond acceptors (Lipinski definition) is 4. The SMILES string of the molecule is COc1ccccc1C1CC(c2ccccn2)=NN(c2ccccc2I)C1=O. The van der Waals surface area contributed by atoms with Gasteiger partial charge in [0.1, 0.15) is 5.75 Å². The fraction of sp³-hybridized carbons (Fsp3) is 0.136. The molecule has 2 heterocycles. The van der Waals surface area contributed by atoms with Gasteiger partial charge in [-0.2, -0.15) is 10.1 Å². The van der Waals surface area contributed by atoms with Gasteiger partial charge in [0.15, 0.2) is 0 Å². The molecule has 1 amide bonds. The Morgan fingerprint density at radius 3 is 2.54 bits per heavy atom. The van der Waals surface area contributed by atoms with Gasteiger partial charge in [-0.1, -0.05) is 36.4 Å². The van der Waals surface area contributed by atoms with Crippen LogP contribution in [-0.2, 0) is 4.79 Å². The van der Waals surface area contributed by atoms with E-state index in [0.29, 0.717) is 12.2 Å². The number of nitrogens with zero attached hydrogens (tertiary/aromatic N) is 3. The Morgan fingerprint density at radius 1 is 1.04 bits per heavy atom. The molecular formula is C22H18IN3O2. The third-order valence-corrected chi connectivity index (χ3v) is 5.59. The number of amides is 1. The van der Waals surface area contributed by atoms with Crippen molar-refractivity contribution in [2.45, 2.75) is 12.3 Å². The Hall–Kier alpha value is -2.74. The molecule has 0 radical (unpaired) electrons. The number of aromatic nitrogens is 1. The fourth-order valence-electron chi connectivity index (χ4n) is 3.32. The minimum Gasteiger partial charge on any atom is -0.496 e. The number of ether oxygens (including phenoxy) is 1. The number of hydrazone groups is 1. The Balaban J connectivity index is 1.85. The molecule has 1 aliphatic rings. The molecule has 0 fully saturated rings. The predicted octanol–water partition coefficient (Wildman–Crippen LogP) is 4.62. The number of benzene rings is 2. The van der Waals surface area contributed by atoms with Crippen LogP contribution < -0.4 is 9.75 Å². The first-order valence-electron chi connectivity index (χ1n) is 8.89. The van der Waals surface area contributed by atoms with Gasteiger partial charge in [0, 0.05) is 21.8 Å². The molecule has 5 nitrogen and oxygen atoms in total. The number of carbonyl (C=O) groups excluding carboxylic acids is 1. The maximum Gasteiger partial charge on any atom is 0.255 e. The highest BCUT2D eigenvalue weighted by Gasteiger charge is 2.36. The van der Waals surface area contributed by atoms with Crippen molar-refractivity contribution in [2.75, 3.05) is 12.1 Å². The summed E-state index contributed by atoms with van der Waals surface area (Å²) in [6.07, 6.45) is 2.21. The van der Waals surface area contributed by atoms with Crippen LogP contribution in [0.25, 0.3) is 0 Å². The number of halogens is 1. The minimum absolute atomic E-state index is 0.0757. The average molecular weight is 483 g/mol. The summed E-state index contributed by atoms with van der Waals surface area (Å²) in [5.41, 5.74) is 3.16. The van der Waals surface area contributed by atoms with Crippen LogP contribution in [0.4, 0.5) is 5.69 Å². The van der Waals surface area contributed by atoms with E-state index in [1.807, 2.05) is 66.7 Å². The molecule has 6 heteroatoms. The third kappa shape index (κ3) is 3.52. The monoisotopic (exact) mass is 483 g/mol. The average Bonchev–Trinajstić information content (AvgIpc) is 2.75. The van der Waals surface area contributed by atoms with E-state index in [0.717, 1.165) is 26.2 Å². The summed E-state index contributed by atoms with van der Waals surface area (Å²) in [4.78, 5) is 17.9. The molecule has 1 atom stereocenters. The van der Waals surface area contributed by atoms with Gasteiger partial charge in [0.05, 0.1) is 30.1 Å². The van der Waals surface area contributed by atoms with Crippen LogP contribution in [0.2, 0.25) is 0 Å². The molecular weight excluding hydrogens is 465 g/mol. The van der Waals surface area contributed by atoms with E-state index in [9.17, 15) is 4.79 Å². The Bertz CT molecular complexity index is 1040. The normalized spacial score (nSPS) is 16.6. The van der Waals surface area contributed by atoms with Gasteiger partial charge in [-0.25, -0.2) is 0 Å². The molecule has 4 rings (SSSR count). The summed E-state index contributed by atoms with van der Waals surface area (Å²) < 4.78 is 6.48. The van der Waals surface area contributed by atoms with Crippen LogP contribution in [0.15, 0.2) is 78.0 Å². The topological polar surface area (TPSA) is 54.8 Å². The zero-order valence-corrected chi connectivity index (χ0v) is 17.4. The number of rotatable bonds is 4. The van der Waals surface area contributed by atoms with Crippen molar-refractivity contribution in [1.29, 1.82) is 0 Å². The molecule has 2 aromatic carbocycles. The van der Waals surface area contributed by atoms with Gasteiger partial charge in [0.2, 0.25) is 0 Å². The molecule has 0 aliphatic carbocycles. The summed E-state index contributed by atoms with van der Waals surface area (Å²) >= 11 is 2.23. The highest BCUT2D eigenvalue weighted by Crippen LogP contribution is 2.37. The third-order valence-electron chi connectivity index (χ3n) is 4.68. The van der Waals surface area contributed by atoms with Gasteiger partial charge in [-0.05, 0) is 52.9 Å². The zero-order valence-electron chi connectivity index (χ0n) is 15.2. The number of carbonyl (C=O) groups is 1. The van der Waals surface area contributed by atoms with Crippen LogP contribution in [0.5, 0.6) is 5.75 Å². The van der Waals surface area contributed by atoms with E-state index in [1.54, 1.807) is 13.3 Å². The van der Waals surface area contributed by atoms with Crippen molar-refractivity contribution in [1.82, 2.24) is 4.98 Å². The first kappa shape index (κ1) is 18.6. The maximum absolute atomic E-state index is 13.5. The maximum atomic E-state index is 13.5. The summed E-state index contributed by atoms with van der Waals surface area (Å²) in [6, 6.07) is 21.1. The Morgan fingerprint density at radius 2 is 1.79 bits per heavy atom.